The lowest BCUT2D eigenvalue weighted by atomic mass is 10.1. The number of rotatable bonds is 6. The highest BCUT2D eigenvalue weighted by Crippen LogP contribution is 2.23. The fraction of sp³-hybridized carbons (Fsp3) is 0.538. The summed E-state index contributed by atoms with van der Waals surface area (Å²) in [5.74, 6) is 0. The van der Waals surface area contributed by atoms with Gasteiger partial charge in [-0.1, -0.05) is 17.7 Å². The molecule has 4 nitrogen and oxygen atoms in total. The largest absolute Gasteiger partial charge is 0.379 e. The zero-order valence-corrected chi connectivity index (χ0v) is 12.1. The molecule has 0 aliphatic heterocycles. The predicted octanol–water partition coefficient (Wildman–Crippen LogP) is 2.35. The summed E-state index contributed by atoms with van der Waals surface area (Å²) in [4.78, 5) is 0.268. The van der Waals surface area contributed by atoms with Gasteiger partial charge in [0.25, 0.3) is 10.1 Å². The van der Waals surface area contributed by atoms with E-state index in [-0.39, 0.29) is 18.1 Å². The Labute approximate surface area is 109 Å². The average molecular weight is 272 g/mol. The molecule has 1 rings (SSSR count). The maximum absolute atomic E-state index is 12.1. The fourth-order valence-electron chi connectivity index (χ4n) is 1.97. The quantitative estimate of drug-likeness (QED) is 0.589. The number of benzene rings is 1. The van der Waals surface area contributed by atoms with E-state index in [1.807, 2.05) is 26.0 Å². The zero-order valence-electron chi connectivity index (χ0n) is 11.3. The molecule has 0 atom stereocenters. The van der Waals surface area contributed by atoms with Crippen molar-refractivity contribution in [3.63, 3.8) is 0 Å². The molecule has 0 amide bonds. The van der Waals surface area contributed by atoms with Gasteiger partial charge in [0.2, 0.25) is 0 Å². The normalized spacial score (nSPS) is 11.8. The smallest absolute Gasteiger partial charge is 0.297 e. The Hall–Kier alpha value is -0.910. The average Bonchev–Trinajstić information content (AvgIpc) is 2.22. The second kappa shape index (κ2) is 6.31. The molecule has 0 aliphatic carbocycles. The van der Waals surface area contributed by atoms with Gasteiger partial charge in [-0.2, -0.15) is 8.42 Å². The predicted molar refractivity (Wildman–Crippen MR) is 70.3 cm³/mol. The van der Waals surface area contributed by atoms with Crippen LogP contribution < -0.4 is 0 Å². The van der Waals surface area contributed by atoms with Gasteiger partial charge in [-0.05, 0) is 38.8 Å². The summed E-state index contributed by atoms with van der Waals surface area (Å²) in [5, 5.41) is 0. The summed E-state index contributed by atoms with van der Waals surface area (Å²) in [6, 6.07) is 3.68. The van der Waals surface area contributed by atoms with Crippen LogP contribution in [0, 0.1) is 20.8 Å². The highest BCUT2D eigenvalue weighted by atomic mass is 32.2. The van der Waals surface area contributed by atoms with Gasteiger partial charge in [-0.3, -0.25) is 4.18 Å². The van der Waals surface area contributed by atoms with E-state index >= 15 is 0 Å². The van der Waals surface area contributed by atoms with Crippen molar-refractivity contribution in [3.05, 3.63) is 28.8 Å². The van der Waals surface area contributed by atoms with Crippen molar-refractivity contribution in [2.45, 2.75) is 32.6 Å². The van der Waals surface area contributed by atoms with Gasteiger partial charge >= 0.3 is 0 Å². The monoisotopic (exact) mass is 272 g/mol. The zero-order chi connectivity index (χ0) is 13.8. The highest BCUT2D eigenvalue weighted by molar-refractivity contribution is 7.86. The molecule has 0 aliphatic rings. The molecular weight excluding hydrogens is 252 g/mol. The third kappa shape index (κ3) is 3.80. The minimum absolute atomic E-state index is 0.0446. The van der Waals surface area contributed by atoms with Crippen LogP contribution in [0.25, 0.3) is 0 Å². The van der Waals surface area contributed by atoms with Gasteiger partial charge in [0, 0.05) is 6.61 Å². The van der Waals surface area contributed by atoms with Crippen molar-refractivity contribution in [3.8, 4) is 0 Å². The molecule has 0 aromatic heterocycles. The third-order valence-corrected chi connectivity index (χ3v) is 4.15. The van der Waals surface area contributed by atoms with Gasteiger partial charge in [0.05, 0.1) is 18.1 Å². The molecule has 0 N–H and O–H groups in total. The summed E-state index contributed by atoms with van der Waals surface area (Å²) in [7, 11) is -3.70. The van der Waals surface area contributed by atoms with Gasteiger partial charge in [0.15, 0.2) is 0 Å². The summed E-state index contributed by atoms with van der Waals surface area (Å²) < 4.78 is 34.2. The van der Waals surface area contributed by atoms with Crippen LogP contribution in [0.5, 0.6) is 0 Å². The number of hydrogen-bond acceptors (Lipinski definition) is 4. The fourth-order valence-corrected chi connectivity index (χ4v) is 3.28. The Morgan fingerprint density at radius 3 is 2.11 bits per heavy atom. The Morgan fingerprint density at radius 2 is 1.61 bits per heavy atom. The summed E-state index contributed by atoms with van der Waals surface area (Å²) in [5.41, 5.74) is 2.46. The van der Waals surface area contributed by atoms with Crippen molar-refractivity contribution >= 4 is 10.1 Å². The molecule has 0 heterocycles. The van der Waals surface area contributed by atoms with Crippen LogP contribution in [0.1, 0.15) is 23.6 Å². The molecule has 0 saturated heterocycles. The van der Waals surface area contributed by atoms with Gasteiger partial charge in [0.1, 0.15) is 0 Å². The molecule has 0 unspecified atom stereocenters. The van der Waals surface area contributed by atoms with E-state index in [1.165, 1.54) is 0 Å². The molecule has 102 valence electrons. The third-order valence-electron chi connectivity index (χ3n) is 2.52. The van der Waals surface area contributed by atoms with Crippen LogP contribution in [0.15, 0.2) is 17.0 Å². The Bertz CT molecular complexity index is 483. The molecule has 0 fully saturated rings. The summed E-state index contributed by atoms with van der Waals surface area (Å²) in [6.07, 6.45) is 0. The number of ether oxygens (including phenoxy) is 1. The van der Waals surface area contributed by atoms with E-state index in [9.17, 15) is 8.42 Å². The number of hydrogen-bond donors (Lipinski definition) is 0. The molecule has 1 aromatic rings. The van der Waals surface area contributed by atoms with Crippen molar-refractivity contribution in [1.29, 1.82) is 0 Å². The van der Waals surface area contributed by atoms with Gasteiger partial charge in [-0.15, -0.1) is 0 Å². The Morgan fingerprint density at radius 1 is 1.06 bits per heavy atom. The maximum Gasteiger partial charge on any atom is 0.297 e. The van der Waals surface area contributed by atoms with E-state index in [4.69, 9.17) is 8.92 Å². The van der Waals surface area contributed by atoms with Crippen molar-refractivity contribution < 1.29 is 17.3 Å². The molecule has 0 bridgehead atoms. The van der Waals surface area contributed by atoms with Crippen molar-refractivity contribution in [1.82, 2.24) is 0 Å². The lowest BCUT2D eigenvalue weighted by molar-refractivity contribution is 0.112. The maximum atomic E-state index is 12.1. The van der Waals surface area contributed by atoms with Gasteiger partial charge in [-0.25, -0.2) is 0 Å². The van der Waals surface area contributed by atoms with Crippen LogP contribution >= 0.6 is 0 Å². The lowest BCUT2D eigenvalue weighted by Gasteiger charge is -2.12. The Balaban J connectivity index is 2.92. The second-order valence-electron chi connectivity index (χ2n) is 4.20. The van der Waals surface area contributed by atoms with Gasteiger partial charge < -0.3 is 4.74 Å². The van der Waals surface area contributed by atoms with E-state index in [0.29, 0.717) is 17.7 Å². The first-order valence-electron chi connectivity index (χ1n) is 5.93. The minimum atomic E-state index is -3.70. The first-order valence-corrected chi connectivity index (χ1v) is 7.34. The van der Waals surface area contributed by atoms with Crippen molar-refractivity contribution in [2.24, 2.45) is 0 Å². The second-order valence-corrected chi connectivity index (χ2v) is 5.75. The van der Waals surface area contributed by atoms with Crippen molar-refractivity contribution in [2.75, 3.05) is 19.8 Å². The Kier molecular flexibility index (Phi) is 5.31. The molecule has 0 saturated carbocycles. The highest BCUT2D eigenvalue weighted by Gasteiger charge is 2.20. The molecule has 0 radical (unpaired) electrons. The first-order chi connectivity index (χ1) is 8.38. The van der Waals surface area contributed by atoms with Crippen LogP contribution in [-0.4, -0.2) is 28.2 Å². The van der Waals surface area contributed by atoms with Crippen LogP contribution in [0.4, 0.5) is 0 Å². The number of aryl methyl sites for hydroxylation is 3. The lowest BCUT2D eigenvalue weighted by Crippen LogP contribution is -2.14. The molecule has 18 heavy (non-hydrogen) atoms. The van der Waals surface area contributed by atoms with E-state index < -0.39 is 10.1 Å². The van der Waals surface area contributed by atoms with Crippen LogP contribution in [-0.2, 0) is 19.0 Å². The summed E-state index contributed by atoms with van der Waals surface area (Å²) >= 11 is 0. The van der Waals surface area contributed by atoms with E-state index in [2.05, 4.69) is 0 Å². The minimum Gasteiger partial charge on any atom is -0.379 e. The topological polar surface area (TPSA) is 52.6 Å². The van der Waals surface area contributed by atoms with Crippen LogP contribution in [0.3, 0.4) is 0 Å². The van der Waals surface area contributed by atoms with Crippen LogP contribution in [0.2, 0.25) is 0 Å². The van der Waals surface area contributed by atoms with E-state index in [0.717, 1.165) is 5.56 Å². The SMILES string of the molecule is CCOCCOS(=O)(=O)c1c(C)cc(C)cc1C. The molecular formula is C13H20O4S. The molecule has 1 aromatic carbocycles. The standard InChI is InChI=1S/C13H20O4S/c1-5-16-6-7-17-18(14,15)13-11(3)8-10(2)9-12(13)4/h8-9H,5-7H2,1-4H3. The molecule has 5 heteroatoms. The van der Waals surface area contributed by atoms with E-state index in [1.54, 1.807) is 13.8 Å². The first kappa shape index (κ1) is 15.1. The summed E-state index contributed by atoms with van der Waals surface area (Å²) in [6.45, 7) is 8.21. The molecule has 0 spiro atoms.